The van der Waals surface area contributed by atoms with Gasteiger partial charge >= 0.3 is 6.09 Å². The summed E-state index contributed by atoms with van der Waals surface area (Å²) in [5.41, 5.74) is -0.139. The molecular formula is C24H34N2O5. The van der Waals surface area contributed by atoms with E-state index in [-0.39, 0.29) is 11.6 Å². The highest BCUT2D eigenvalue weighted by atomic mass is 16.6. The van der Waals surface area contributed by atoms with Gasteiger partial charge in [-0.15, -0.1) is 0 Å². The fourth-order valence-corrected chi connectivity index (χ4v) is 4.44. The van der Waals surface area contributed by atoms with Gasteiger partial charge in [0.05, 0.1) is 25.8 Å². The Morgan fingerprint density at radius 3 is 2.23 bits per heavy atom. The number of nitrogens with one attached hydrogen (secondary N) is 1. The van der Waals surface area contributed by atoms with Gasteiger partial charge in [0.2, 0.25) is 0 Å². The lowest BCUT2D eigenvalue weighted by Crippen LogP contribution is -2.33. The highest BCUT2D eigenvalue weighted by molar-refractivity contribution is 5.92. The molecule has 3 rings (SSSR count). The Morgan fingerprint density at radius 1 is 1.03 bits per heavy atom. The molecule has 7 heteroatoms. The summed E-state index contributed by atoms with van der Waals surface area (Å²) in [6.07, 6.45) is 8.72. The first kappa shape index (κ1) is 23.0. The van der Waals surface area contributed by atoms with Crippen LogP contribution in [0.5, 0.6) is 17.2 Å². The number of aromatic nitrogens is 1. The summed E-state index contributed by atoms with van der Waals surface area (Å²) in [5, 5.41) is 3.86. The van der Waals surface area contributed by atoms with Gasteiger partial charge in [-0.05, 0) is 43.7 Å². The van der Waals surface area contributed by atoms with Crippen molar-refractivity contribution >= 4 is 16.9 Å². The number of benzene rings is 1. The Balaban J connectivity index is 1.97. The smallest absolute Gasteiger partial charge is 0.412 e. The van der Waals surface area contributed by atoms with Gasteiger partial charge in [0.1, 0.15) is 0 Å². The molecule has 0 radical (unpaired) electrons. The van der Waals surface area contributed by atoms with Gasteiger partial charge in [0.25, 0.3) is 5.56 Å². The molecule has 0 bridgehead atoms. The van der Waals surface area contributed by atoms with Crippen molar-refractivity contribution in [2.45, 2.75) is 64.8 Å². The molecule has 1 fully saturated rings. The summed E-state index contributed by atoms with van der Waals surface area (Å²) in [6, 6.07) is 3.36. The van der Waals surface area contributed by atoms with E-state index in [1.165, 1.54) is 33.5 Å². The minimum atomic E-state index is -0.503. The molecule has 0 atom stereocenters. The standard InChI is InChI=1S/C24H34N2O5/c1-5-17(6-2)26-15-22(31-24(28)25-14-16-10-8-7-9-11-16)18-12-20(29-3)21(30-4)13-19(18)23(26)27/h12-13,15-17H,5-11,14H2,1-4H3,(H,25,28). The molecule has 31 heavy (non-hydrogen) atoms. The van der Waals surface area contributed by atoms with E-state index >= 15 is 0 Å². The molecule has 1 amide bonds. The molecule has 1 aromatic heterocycles. The van der Waals surface area contributed by atoms with Crippen LogP contribution < -0.4 is 25.1 Å². The van der Waals surface area contributed by atoms with Gasteiger partial charge in [-0.3, -0.25) is 4.79 Å². The molecule has 1 aliphatic carbocycles. The van der Waals surface area contributed by atoms with Crippen molar-refractivity contribution in [2.75, 3.05) is 20.8 Å². The van der Waals surface area contributed by atoms with E-state index in [4.69, 9.17) is 14.2 Å². The Hall–Kier alpha value is -2.70. The first-order valence-corrected chi connectivity index (χ1v) is 11.3. The number of carbonyl (C=O) groups is 1. The Morgan fingerprint density at radius 2 is 1.65 bits per heavy atom. The number of amides is 1. The maximum absolute atomic E-state index is 13.2. The monoisotopic (exact) mass is 430 g/mol. The molecule has 0 spiro atoms. The van der Waals surface area contributed by atoms with E-state index in [0.29, 0.717) is 40.5 Å². The maximum Gasteiger partial charge on any atom is 0.412 e. The predicted octanol–water partition coefficient (Wildman–Crippen LogP) is 5.05. The number of hydrogen-bond donors (Lipinski definition) is 1. The van der Waals surface area contributed by atoms with Gasteiger partial charge in [0.15, 0.2) is 17.2 Å². The summed E-state index contributed by atoms with van der Waals surface area (Å²) >= 11 is 0. The van der Waals surface area contributed by atoms with Crippen molar-refractivity contribution in [3.05, 3.63) is 28.7 Å². The SMILES string of the molecule is CCC(CC)n1cc(OC(=O)NCC2CCCCC2)c2cc(OC)c(OC)cc2c1=O. The molecule has 1 N–H and O–H groups in total. The van der Waals surface area contributed by atoms with Crippen LogP contribution in [0.2, 0.25) is 0 Å². The molecule has 0 saturated heterocycles. The highest BCUT2D eigenvalue weighted by Gasteiger charge is 2.20. The second-order valence-corrected chi connectivity index (χ2v) is 8.20. The zero-order valence-electron chi connectivity index (χ0n) is 19.0. The third-order valence-electron chi connectivity index (χ3n) is 6.31. The lowest BCUT2D eigenvalue weighted by Gasteiger charge is -2.22. The largest absolute Gasteiger partial charge is 0.493 e. The van der Waals surface area contributed by atoms with Crippen LogP contribution in [0.15, 0.2) is 23.1 Å². The third kappa shape index (κ3) is 5.14. The lowest BCUT2D eigenvalue weighted by molar-refractivity contribution is 0.196. The van der Waals surface area contributed by atoms with Crippen LogP contribution in [0.25, 0.3) is 10.8 Å². The molecule has 7 nitrogen and oxygen atoms in total. The molecule has 1 saturated carbocycles. The van der Waals surface area contributed by atoms with Crippen LogP contribution in [-0.4, -0.2) is 31.4 Å². The summed E-state index contributed by atoms with van der Waals surface area (Å²) < 4.78 is 18.2. The van der Waals surface area contributed by atoms with Crippen LogP contribution in [0.3, 0.4) is 0 Å². The zero-order chi connectivity index (χ0) is 22.4. The number of nitrogens with zero attached hydrogens (tertiary/aromatic N) is 1. The molecule has 0 aliphatic heterocycles. The molecular weight excluding hydrogens is 396 g/mol. The van der Waals surface area contributed by atoms with E-state index in [1.54, 1.807) is 22.9 Å². The first-order valence-electron chi connectivity index (χ1n) is 11.3. The predicted molar refractivity (Wildman–Crippen MR) is 122 cm³/mol. The second-order valence-electron chi connectivity index (χ2n) is 8.20. The van der Waals surface area contributed by atoms with E-state index in [9.17, 15) is 9.59 Å². The first-order chi connectivity index (χ1) is 15.0. The number of ether oxygens (including phenoxy) is 3. The van der Waals surface area contributed by atoms with Gasteiger partial charge in [0, 0.05) is 18.0 Å². The Labute approximate surface area is 183 Å². The van der Waals surface area contributed by atoms with E-state index < -0.39 is 6.09 Å². The van der Waals surface area contributed by atoms with Crippen LogP contribution >= 0.6 is 0 Å². The van der Waals surface area contributed by atoms with Crippen LogP contribution in [0, 0.1) is 5.92 Å². The maximum atomic E-state index is 13.2. The van der Waals surface area contributed by atoms with E-state index in [1.807, 2.05) is 13.8 Å². The minimum Gasteiger partial charge on any atom is -0.493 e. The lowest BCUT2D eigenvalue weighted by atomic mass is 9.89. The quantitative estimate of drug-likeness (QED) is 0.634. The average Bonchev–Trinajstić information content (AvgIpc) is 2.81. The van der Waals surface area contributed by atoms with Crippen molar-refractivity contribution in [2.24, 2.45) is 5.92 Å². The van der Waals surface area contributed by atoms with Crippen LogP contribution in [0.4, 0.5) is 4.79 Å². The van der Waals surface area contributed by atoms with Crippen molar-refractivity contribution in [3.63, 3.8) is 0 Å². The molecule has 2 aromatic rings. The second kappa shape index (κ2) is 10.6. The molecule has 1 aromatic carbocycles. The summed E-state index contributed by atoms with van der Waals surface area (Å²) in [4.78, 5) is 25.8. The summed E-state index contributed by atoms with van der Waals surface area (Å²) in [6.45, 7) is 4.69. The molecule has 170 valence electrons. The topological polar surface area (TPSA) is 78.8 Å². The van der Waals surface area contributed by atoms with Crippen molar-refractivity contribution in [3.8, 4) is 17.2 Å². The van der Waals surface area contributed by atoms with Crippen molar-refractivity contribution < 1.29 is 19.0 Å². The number of pyridine rings is 1. The van der Waals surface area contributed by atoms with Crippen LogP contribution in [-0.2, 0) is 0 Å². The van der Waals surface area contributed by atoms with Gasteiger partial charge in [-0.25, -0.2) is 4.79 Å². The third-order valence-corrected chi connectivity index (χ3v) is 6.31. The summed E-state index contributed by atoms with van der Waals surface area (Å²) in [7, 11) is 3.06. The van der Waals surface area contributed by atoms with E-state index in [2.05, 4.69) is 5.32 Å². The van der Waals surface area contributed by atoms with Crippen molar-refractivity contribution in [1.29, 1.82) is 0 Å². The number of carbonyl (C=O) groups excluding carboxylic acids is 1. The highest BCUT2D eigenvalue weighted by Crippen LogP contribution is 2.35. The number of fused-ring (bicyclic) bond motifs is 1. The average molecular weight is 431 g/mol. The zero-order valence-corrected chi connectivity index (χ0v) is 19.0. The van der Waals surface area contributed by atoms with Crippen molar-refractivity contribution in [1.82, 2.24) is 9.88 Å². The van der Waals surface area contributed by atoms with Gasteiger partial charge in [-0.2, -0.15) is 0 Å². The number of methoxy groups -OCH3 is 2. The normalized spacial score (nSPS) is 14.6. The Kier molecular flexibility index (Phi) is 7.82. The minimum absolute atomic E-state index is 0.0117. The number of hydrogen-bond acceptors (Lipinski definition) is 5. The molecule has 1 aliphatic rings. The van der Waals surface area contributed by atoms with Crippen LogP contribution in [0.1, 0.15) is 64.8 Å². The fraction of sp³-hybridized carbons (Fsp3) is 0.583. The summed E-state index contributed by atoms with van der Waals surface area (Å²) in [5.74, 6) is 1.77. The Bertz CT molecular complexity index is 959. The van der Waals surface area contributed by atoms with E-state index in [0.717, 1.165) is 25.7 Å². The van der Waals surface area contributed by atoms with Gasteiger partial charge < -0.3 is 24.1 Å². The van der Waals surface area contributed by atoms with Gasteiger partial charge in [-0.1, -0.05) is 33.1 Å². The number of rotatable bonds is 8. The molecule has 0 unspecified atom stereocenters. The molecule has 1 heterocycles. The fourth-order valence-electron chi connectivity index (χ4n) is 4.44.